The van der Waals surface area contributed by atoms with Gasteiger partial charge in [-0.05, 0) is 50.7 Å². The molecule has 4 rings (SSSR count). The monoisotopic (exact) mass is 620 g/mol. The third-order valence-corrected chi connectivity index (χ3v) is 6.36. The van der Waals surface area contributed by atoms with Crippen molar-refractivity contribution in [2.24, 2.45) is 0 Å². The first-order chi connectivity index (χ1) is 18.0. The van der Waals surface area contributed by atoms with Crippen LogP contribution < -0.4 is 51.4 Å². The molecule has 0 atom stereocenters. The maximum atomic E-state index is 12.0. The van der Waals surface area contributed by atoms with Crippen LogP contribution in [0.4, 0.5) is 0 Å². The number of rotatable bonds is 11. The summed E-state index contributed by atoms with van der Waals surface area (Å²) >= 11 is 3.38. The molecule has 2 aromatic rings. The maximum Gasteiger partial charge on any atom is 1.00 e. The van der Waals surface area contributed by atoms with E-state index in [1.807, 2.05) is 12.2 Å². The molecule has 204 valence electrons. The Labute approximate surface area is 284 Å². The fraction of sp³-hybridized carbons (Fsp3) is 0.355. The second-order valence-corrected chi connectivity index (χ2v) is 9.33. The number of hydrogen-bond acceptors (Lipinski definition) is 4. The molecule has 8 heteroatoms. The summed E-state index contributed by atoms with van der Waals surface area (Å²) < 4.78 is 0. The molecule has 2 aromatic carbocycles. The van der Waals surface area contributed by atoms with Crippen molar-refractivity contribution in [1.29, 1.82) is 0 Å². The predicted octanol–water partition coefficient (Wildman–Crippen LogP) is 5.15. The van der Waals surface area contributed by atoms with Crippen LogP contribution in [0, 0.1) is 0 Å². The largest absolute Gasteiger partial charge is 1.00 e. The molecule has 0 aromatic heterocycles. The second-order valence-electron chi connectivity index (χ2n) is 8.54. The molecule has 0 bridgehead atoms. The average molecular weight is 622 g/mol. The van der Waals surface area contributed by atoms with Crippen molar-refractivity contribution in [1.82, 2.24) is 4.90 Å². The summed E-state index contributed by atoms with van der Waals surface area (Å²) in [6.45, 7) is 7.83. The van der Waals surface area contributed by atoms with Crippen LogP contribution in [0.15, 0.2) is 73.8 Å². The molecule has 0 saturated carbocycles. The van der Waals surface area contributed by atoms with E-state index in [2.05, 4.69) is 34.4 Å². The topological polar surface area (TPSA) is 85.6 Å². The minimum Gasteiger partial charge on any atom is -0.587 e. The molecule has 2 aliphatic rings. The number of unbranched alkanes of at least 4 members (excludes halogenated alkanes) is 6. The van der Waals surface area contributed by atoms with Gasteiger partial charge in [-0.15, -0.1) is 13.2 Å². The number of halogens is 1. The number of fused-ring (bicyclic) bond motifs is 2. The molecule has 2 heterocycles. The van der Waals surface area contributed by atoms with E-state index in [1.54, 1.807) is 48.5 Å². The molecule has 2 aliphatic heterocycles. The molecule has 6 nitrogen and oxygen atoms in total. The van der Waals surface area contributed by atoms with Gasteiger partial charge in [-0.25, -0.2) is 0 Å². The maximum absolute atomic E-state index is 12.0. The first-order valence-corrected chi connectivity index (χ1v) is 13.7. The van der Waals surface area contributed by atoms with Crippen molar-refractivity contribution < 1.29 is 70.6 Å². The number of amides is 4. The first-order valence-electron chi connectivity index (χ1n) is 12.6. The van der Waals surface area contributed by atoms with Crippen molar-refractivity contribution in [3.8, 4) is 0 Å². The molecule has 0 N–H and O–H groups in total. The van der Waals surface area contributed by atoms with Gasteiger partial charge in [0.2, 0.25) is 0 Å². The SMILES string of the molecule is C.C=CCCCCCBr.C=CCCCCCN1C(=O)c2ccccc2C1=O.O=C1[N-]C(=O)c2ccccc21.[K+]. The number of imide groups is 2. The number of alkyl halides is 1. The summed E-state index contributed by atoms with van der Waals surface area (Å²) in [4.78, 5) is 47.2. The molecule has 39 heavy (non-hydrogen) atoms. The Morgan fingerprint density at radius 3 is 1.49 bits per heavy atom. The Hall–Kier alpha value is -1.68. The van der Waals surface area contributed by atoms with Gasteiger partial charge in [0.25, 0.3) is 11.8 Å². The Kier molecular flexibility index (Phi) is 20.2. The van der Waals surface area contributed by atoms with E-state index < -0.39 is 11.8 Å². The van der Waals surface area contributed by atoms with E-state index in [4.69, 9.17) is 0 Å². The van der Waals surface area contributed by atoms with Crippen molar-refractivity contribution in [3.63, 3.8) is 0 Å². The van der Waals surface area contributed by atoms with Crippen LogP contribution >= 0.6 is 15.9 Å². The van der Waals surface area contributed by atoms with Gasteiger partial charge in [-0.2, -0.15) is 0 Å². The zero-order valence-electron chi connectivity index (χ0n) is 22.2. The molecule has 0 saturated heterocycles. The zero-order valence-corrected chi connectivity index (χ0v) is 26.9. The molecule has 0 unspecified atom stereocenters. The van der Waals surface area contributed by atoms with Crippen LogP contribution in [0.1, 0.15) is 100 Å². The molecular formula is C31H38BrKN2O4. The number of hydrogen-bond donors (Lipinski definition) is 0. The van der Waals surface area contributed by atoms with Crippen LogP contribution in [-0.2, 0) is 0 Å². The van der Waals surface area contributed by atoms with Crippen LogP contribution in [-0.4, -0.2) is 40.4 Å². The number of carbonyl (C=O) groups is 4. The fourth-order valence-corrected chi connectivity index (χ4v) is 4.20. The predicted molar refractivity (Wildman–Crippen MR) is 158 cm³/mol. The third kappa shape index (κ3) is 11.8. The molecule has 0 fully saturated rings. The van der Waals surface area contributed by atoms with E-state index >= 15 is 0 Å². The van der Waals surface area contributed by atoms with Gasteiger partial charge in [0.1, 0.15) is 0 Å². The van der Waals surface area contributed by atoms with Crippen molar-refractivity contribution in [2.45, 2.75) is 58.8 Å². The number of carbonyl (C=O) groups excluding carboxylic acids is 4. The number of allylic oxidation sites excluding steroid dienone is 2. The van der Waals surface area contributed by atoms with Crippen LogP contribution in [0.3, 0.4) is 0 Å². The van der Waals surface area contributed by atoms with E-state index in [0.717, 1.165) is 31.0 Å². The quantitative estimate of drug-likeness (QED) is 0.114. The molecule has 0 spiro atoms. The zero-order chi connectivity index (χ0) is 27.0. The molecule has 0 aliphatic carbocycles. The Morgan fingerprint density at radius 2 is 1.08 bits per heavy atom. The third-order valence-electron chi connectivity index (χ3n) is 5.80. The van der Waals surface area contributed by atoms with Crippen LogP contribution in [0.5, 0.6) is 0 Å². The summed E-state index contributed by atoms with van der Waals surface area (Å²) in [7, 11) is 0. The fourth-order valence-electron chi connectivity index (χ4n) is 3.81. The Balaban J connectivity index is 0.000000592. The van der Waals surface area contributed by atoms with Gasteiger partial charge in [-0.3, -0.25) is 14.5 Å². The number of nitrogens with zero attached hydrogens (tertiary/aromatic N) is 2. The average Bonchev–Trinajstić information content (AvgIpc) is 3.35. The summed E-state index contributed by atoms with van der Waals surface area (Å²) in [6.07, 6.45) is 12.9. The Morgan fingerprint density at radius 1 is 0.667 bits per heavy atom. The standard InChI is InChI=1S/C15H17NO2.C8H5NO2.C7H13Br.CH4.K/c1-2-3-4-5-8-11-16-14(17)12-9-6-7-10-13(12)15(16)18;10-7-5-3-1-2-4-6(5)8(11)9-7;1-2-3-4-5-6-7-8;;/h2,6-7,9-10H,1,3-5,8,11H2;1-4H,(H,9,10,11);2H,1,3-7H2;1H4;/q;;;;+1/p-1. The minimum atomic E-state index is -0.425. The van der Waals surface area contributed by atoms with Crippen LogP contribution in [0.25, 0.3) is 5.32 Å². The molecule has 0 radical (unpaired) electrons. The molecule has 4 amide bonds. The van der Waals surface area contributed by atoms with Gasteiger partial charge in [0.05, 0.1) is 22.9 Å². The van der Waals surface area contributed by atoms with Crippen molar-refractivity contribution in [2.75, 3.05) is 11.9 Å². The Bertz CT molecular complexity index is 1050. The molecular weight excluding hydrogens is 583 g/mol. The summed E-state index contributed by atoms with van der Waals surface area (Å²) in [6, 6.07) is 13.6. The summed E-state index contributed by atoms with van der Waals surface area (Å²) in [5, 5.41) is 4.42. The van der Waals surface area contributed by atoms with E-state index in [0.29, 0.717) is 28.8 Å². The smallest absolute Gasteiger partial charge is 0.587 e. The van der Waals surface area contributed by atoms with Crippen LogP contribution in [0.2, 0.25) is 0 Å². The number of benzene rings is 2. The van der Waals surface area contributed by atoms with Crippen molar-refractivity contribution in [3.05, 3.63) is 101 Å². The first kappa shape index (κ1) is 37.3. The van der Waals surface area contributed by atoms with Gasteiger partial charge < -0.3 is 14.9 Å². The minimum absolute atomic E-state index is 0. The van der Waals surface area contributed by atoms with Gasteiger partial charge >= 0.3 is 51.4 Å². The second kappa shape index (κ2) is 21.1. The summed E-state index contributed by atoms with van der Waals surface area (Å²) in [5.41, 5.74) is 1.90. The van der Waals surface area contributed by atoms with E-state index in [9.17, 15) is 19.2 Å². The normalized spacial score (nSPS) is 12.4. The van der Waals surface area contributed by atoms with E-state index in [1.165, 1.54) is 30.6 Å². The van der Waals surface area contributed by atoms with Gasteiger partial charge in [0, 0.05) is 23.0 Å². The van der Waals surface area contributed by atoms with Crippen molar-refractivity contribution >= 4 is 39.6 Å². The van der Waals surface area contributed by atoms with Gasteiger partial charge in [-0.1, -0.05) is 84.7 Å². The van der Waals surface area contributed by atoms with Gasteiger partial charge in [0.15, 0.2) is 0 Å². The van der Waals surface area contributed by atoms with E-state index in [-0.39, 0.29) is 70.6 Å². The summed E-state index contributed by atoms with van der Waals surface area (Å²) in [5.74, 6) is -1.16.